The number of hydrogen-bond donors (Lipinski definition) is 0. The average Bonchev–Trinajstić information content (AvgIpc) is 3.85. The van der Waals surface area contributed by atoms with Crippen molar-refractivity contribution in [1.82, 2.24) is 0 Å². The second-order valence-corrected chi connectivity index (χ2v) is 19.5. The Hall–Kier alpha value is -8.72. The molecular weight excluding hydrogens is 845 g/mol. The Bertz CT molecular complexity index is 3840. The lowest BCUT2D eigenvalue weighted by Crippen LogP contribution is -2.36. The Kier molecular flexibility index (Phi) is 8.88. The molecule has 11 aromatic rings. The third-order valence-electron chi connectivity index (χ3n) is 15.7. The van der Waals surface area contributed by atoms with Crippen LogP contribution in [0.4, 0.5) is 34.1 Å². The van der Waals surface area contributed by atoms with E-state index in [0.29, 0.717) is 0 Å². The standard InChI is InChI=1S/C68H48N2/c1-67(2)54-34-13-10-31-52(54)65-58(67)38-21-43-63(65)70(60-40-17-12-30-51(60)50-29-9-8-28-49(50)48-33-20-24-45-23-6-7-27-47(45)48)64-44-22-39-59-66(64)53-32-11-14-35-55(53)68(59)56-36-15-18-41-61(56)69(46-25-4-3-5-26-46)62-42-19-16-37-57(62)68/h3-44H,1-2H3. The number of fused-ring (bicyclic) bond motifs is 13. The Balaban J connectivity index is 1.09. The molecule has 330 valence electrons. The Labute approximate surface area is 410 Å². The summed E-state index contributed by atoms with van der Waals surface area (Å²) in [5.74, 6) is 0. The van der Waals surface area contributed by atoms with Crippen LogP contribution in [-0.2, 0) is 10.8 Å². The quantitative estimate of drug-likeness (QED) is 0.164. The van der Waals surface area contributed by atoms with Crippen molar-refractivity contribution in [2.24, 2.45) is 0 Å². The van der Waals surface area contributed by atoms with Crippen LogP contribution in [0, 0.1) is 0 Å². The molecule has 3 aliphatic rings. The molecule has 1 spiro atoms. The van der Waals surface area contributed by atoms with Gasteiger partial charge in [0.2, 0.25) is 0 Å². The first kappa shape index (κ1) is 40.4. The molecule has 0 saturated carbocycles. The molecule has 14 rings (SSSR count). The van der Waals surface area contributed by atoms with Gasteiger partial charge in [-0.25, -0.2) is 0 Å². The van der Waals surface area contributed by atoms with Crippen molar-refractivity contribution in [2.45, 2.75) is 24.7 Å². The number of benzene rings is 11. The summed E-state index contributed by atoms with van der Waals surface area (Å²) in [6.45, 7) is 4.77. The zero-order valence-electron chi connectivity index (χ0n) is 39.1. The van der Waals surface area contributed by atoms with Crippen molar-refractivity contribution >= 4 is 44.9 Å². The summed E-state index contributed by atoms with van der Waals surface area (Å²) < 4.78 is 0. The molecule has 11 aromatic carbocycles. The summed E-state index contributed by atoms with van der Waals surface area (Å²) >= 11 is 0. The molecule has 2 aliphatic carbocycles. The highest BCUT2D eigenvalue weighted by Gasteiger charge is 2.53. The molecule has 0 radical (unpaired) electrons. The second kappa shape index (κ2) is 15.4. The molecule has 0 bridgehead atoms. The predicted octanol–water partition coefficient (Wildman–Crippen LogP) is 18.1. The smallest absolute Gasteiger partial charge is 0.0755 e. The van der Waals surface area contributed by atoms with Gasteiger partial charge in [-0.1, -0.05) is 226 Å². The Morgan fingerprint density at radius 1 is 0.300 bits per heavy atom. The molecule has 0 N–H and O–H groups in total. The minimum atomic E-state index is -0.611. The number of anilines is 6. The topological polar surface area (TPSA) is 6.48 Å². The average molecular weight is 893 g/mol. The van der Waals surface area contributed by atoms with E-state index >= 15 is 0 Å². The maximum atomic E-state index is 2.62. The van der Waals surface area contributed by atoms with Gasteiger partial charge in [-0.2, -0.15) is 0 Å². The molecule has 0 atom stereocenters. The predicted molar refractivity (Wildman–Crippen MR) is 293 cm³/mol. The molecule has 0 amide bonds. The van der Waals surface area contributed by atoms with E-state index in [2.05, 4.69) is 278 Å². The van der Waals surface area contributed by atoms with Crippen molar-refractivity contribution in [2.75, 3.05) is 9.80 Å². The van der Waals surface area contributed by atoms with Gasteiger partial charge in [-0.15, -0.1) is 0 Å². The molecule has 0 saturated heterocycles. The maximum Gasteiger partial charge on any atom is 0.0755 e. The van der Waals surface area contributed by atoms with Crippen molar-refractivity contribution < 1.29 is 0 Å². The summed E-state index contributed by atoms with van der Waals surface area (Å²) in [5.41, 5.74) is 23.8. The van der Waals surface area contributed by atoms with E-state index in [9.17, 15) is 0 Å². The number of nitrogens with zero attached hydrogens (tertiary/aromatic N) is 2. The first-order chi connectivity index (χ1) is 34.5. The Morgan fingerprint density at radius 3 is 1.43 bits per heavy atom. The second-order valence-electron chi connectivity index (χ2n) is 19.5. The zero-order valence-corrected chi connectivity index (χ0v) is 39.1. The molecular formula is C68H48N2. The van der Waals surface area contributed by atoms with Crippen LogP contribution in [0.25, 0.3) is 55.3 Å². The summed E-state index contributed by atoms with van der Waals surface area (Å²) in [6, 6.07) is 95.0. The molecule has 70 heavy (non-hydrogen) atoms. The largest absolute Gasteiger partial charge is 0.310 e. The maximum absolute atomic E-state index is 2.62. The van der Waals surface area contributed by atoms with E-state index in [0.717, 1.165) is 22.7 Å². The van der Waals surface area contributed by atoms with E-state index in [1.807, 2.05) is 0 Å². The van der Waals surface area contributed by atoms with Crippen LogP contribution >= 0.6 is 0 Å². The highest BCUT2D eigenvalue weighted by atomic mass is 15.2. The first-order valence-corrected chi connectivity index (χ1v) is 24.5. The molecule has 0 aromatic heterocycles. The van der Waals surface area contributed by atoms with E-state index < -0.39 is 5.41 Å². The zero-order chi connectivity index (χ0) is 46.6. The molecule has 2 heteroatoms. The van der Waals surface area contributed by atoms with Gasteiger partial charge in [0.05, 0.1) is 33.9 Å². The highest BCUT2D eigenvalue weighted by Crippen LogP contribution is 2.66. The van der Waals surface area contributed by atoms with Gasteiger partial charge in [-0.3, -0.25) is 0 Å². The fraction of sp³-hybridized carbons (Fsp3) is 0.0588. The number of rotatable bonds is 6. The van der Waals surface area contributed by atoms with Gasteiger partial charge in [-0.05, 0) is 114 Å². The van der Waals surface area contributed by atoms with Gasteiger partial charge in [0.15, 0.2) is 0 Å². The van der Waals surface area contributed by atoms with Crippen LogP contribution in [-0.4, -0.2) is 0 Å². The fourth-order valence-electron chi connectivity index (χ4n) is 12.8. The van der Waals surface area contributed by atoms with Crippen LogP contribution in [0.2, 0.25) is 0 Å². The molecule has 0 fully saturated rings. The van der Waals surface area contributed by atoms with Crippen LogP contribution in [0.1, 0.15) is 47.2 Å². The third-order valence-corrected chi connectivity index (χ3v) is 15.7. The van der Waals surface area contributed by atoms with E-state index in [1.54, 1.807) is 0 Å². The Morgan fingerprint density at radius 2 is 0.729 bits per heavy atom. The van der Waals surface area contributed by atoms with Crippen molar-refractivity contribution in [3.8, 4) is 44.5 Å². The van der Waals surface area contributed by atoms with Crippen LogP contribution < -0.4 is 9.80 Å². The van der Waals surface area contributed by atoms with Crippen LogP contribution in [0.5, 0.6) is 0 Å². The molecule has 1 heterocycles. The van der Waals surface area contributed by atoms with Gasteiger partial charge in [0, 0.05) is 27.8 Å². The summed E-state index contributed by atoms with van der Waals surface area (Å²) in [7, 11) is 0. The van der Waals surface area contributed by atoms with E-state index in [1.165, 1.54) is 100 Å². The van der Waals surface area contributed by atoms with Crippen molar-refractivity contribution in [1.29, 1.82) is 0 Å². The normalized spacial score (nSPS) is 14.1. The minimum Gasteiger partial charge on any atom is -0.310 e. The lowest BCUT2D eigenvalue weighted by molar-refractivity contribution is 0.660. The van der Waals surface area contributed by atoms with Gasteiger partial charge < -0.3 is 9.80 Å². The van der Waals surface area contributed by atoms with Crippen molar-refractivity contribution in [3.63, 3.8) is 0 Å². The fourth-order valence-corrected chi connectivity index (χ4v) is 12.8. The summed E-state index contributed by atoms with van der Waals surface area (Å²) in [4.78, 5) is 5.08. The van der Waals surface area contributed by atoms with Gasteiger partial charge in [0.1, 0.15) is 0 Å². The molecule has 1 aliphatic heterocycles. The SMILES string of the molecule is CC1(C)c2ccccc2-c2c(N(c3ccccc3-c3ccccc3-c3cccc4ccccc34)c3cccc4c3-c3ccccc3C43c4ccccc4N(c4ccccc4)c4ccccc43)cccc21. The molecule has 2 nitrogen and oxygen atoms in total. The number of para-hydroxylation sites is 4. The van der Waals surface area contributed by atoms with E-state index in [-0.39, 0.29) is 5.41 Å². The lowest BCUT2D eigenvalue weighted by atomic mass is 9.64. The molecule has 0 unspecified atom stereocenters. The monoisotopic (exact) mass is 892 g/mol. The first-order valence-electron chi connectivity index (χ1n) is 24.5. The van der Waals surface area contributed by atoms with Gasteiger partial charge in [0.25, 0.3) is 0 Å². The van der Waals surface area contributed by atoms with E-state index in [4.69, 9.17) is 0 Å². The lowest BCUT2D eigenvalue weighted by Gasteiger charge is -2.45. The van der Waals surface area contributed by atoms with Crippen LogP contribution in [0.3, 0.4) is 0 Å². The highest BCUT2D eigenvalue weighted by molar-refractivity contribution is 6.07. The summed E-state index contributed by atoms with van der Waals surface area (Å²) in [5, 5.41) is 2.48. The van der Waals surface area contributed by atoms with Crippen molar-refractivity contribution in [3.05, 3.63) is 288 Å². The van der Waals surface area contributed by atoms with Crippen LogP contribution in [0.15, 0.2) is 255 Å². The minimum absolute atomic E-state index is 0.191. The van der Waals surface area contributed by atoms with Gasteiger partial charge >= 0.3 is 0 Å². The third kappa shape index (κ3) is 5.56. The summed E-state index contributed by atoms with van der Waals surface area (Å²) in [6.07, 6.45) is 0. The number of hydrogen-bond acceptors (Lipinski definition) is 2.